The van der Waals surface area contributed by atoms with Crippen LogP contribution in [0.1, 0.15) is 17.5 Å². The van der Waals surface area contributed by atoms with E-state index < -0.39 is 0 Å². The molecule has 1 saturated heterocycles. The van der Waals surface area contributed by atoms with Crippen molar-refractivity contribution >= 4 is 17.2 Å². The molecule has 98 valence electrons. The minimum absolute atomic E-state index is 0.170. The van der Waals surface area contributed by atoms with Crippen molar-refractivity contribution in [3.8, 4) is 5.75 Å². The van der Waals surface area contributed by atoms with E-state index in [0.717, 1.165) is 29.9 Å². The second-order valence-corrected chi connectivity index (χ2v) is 4.63. The van der Waals surface area contributed by atoms with Crippen LogP contribution < -0.4 is 10.5 Å². The fourth-order valence-corrected chi connectivity index (χ4v) is 2.02. The van der Waals surface area contributed by atoms with Crippen molar-refractivity contribution in [3.05, 3.63) is 29.3 Å². The van der Waals surface area contributed by atoms with Gasteiger partial charge in [-0.05, 0) is 24.6 Å². The zero-order valence-electron chi connectivity index (χ0n) is 10.3. The Morgan fingerprint density at radius 2 is 2.39 bits per heavy atom. The largest absolute Gasteiger partial charge is 0.496 e. The smallest absolute Gasteiger partial charge is 0.124 e. The van der Waals surface area contributed by atoms with Crippen molar-refractivity contribution in [1.29, 1.82) is 0 Å². The molecule has 1 atom stereocenters. The highest BCUT2D eigenvalue weighted by atomic mass is 32.1. The van der Waals surface area contributed by atoms with Crippen LogP contribution in [0.4, 0.5) is 0 Å². The molecule has 2 N–H and O–H groups in total. The Bertz CT molecular complexity index is 430. The van der Waals surface area contributed by atoms with Gasteiger partial charge in [0, 0.05) is 17.7 Å². The molecule has 0 aliphatic carbocycles. The summed E-state index contributed by atoms with van der Waals surface area (Å²) in [6.45, 7) is 1.92. The normalized spacial score (nSPS) is 18.8. The molecule has 0 amide bonds. The van der Waals surface area contributed by atoms with Crippen LogP contribution in [0.25, 0.3) is 0 Å². The van der Waals surface area contributed by atoms with E-state index in [-0.39, 0.29) is 6.10 Å². The Hall–Kier alpha value is -1.17. The average molecular weight is 267 g/mol. The first-order valence-corrected chi connectivity index (χ1v) is 6.27. The quantitative estimate of drug-likeness (QED) is 0.822. The highest BCUT2D eigenvalue weighted by molar-refractivity contribution is 7.80. The van der Waals surface area contributed by atoms with Gasteiger partial charge in [0.15, 0.2) is 0 Å². The van der Waals surface area contributed by atoms with E-state index in [1.165, 1.54) is 0 Å². The molecule has 1 aliphatic rings. The van der Waals surface area contributed by atoms with E-state index >= 15 is 0 Å². The molecule has 5 heteroatoms. The molecule has 1 fully saturated rings. The van der Waals surface area contributed by atoms with Crippen molar-refractivity contribution in [2.45, 2.75) is 19.1 Å². The minimum atomic E-state index is 0.170. The predicted molar refractivity (Wildman–Crippen MR) is 72.9 cm³/mol. The summed E-state index contributed by atoms with van der Waals surface area (Å²) in [7, 11) is 1.64. The van der Waals surface area contributed by atoms with Gasteiger partial charge in [-0.3, -0.25) is 0 Å². The van der Waals surface area contributed by atoms with Crippen LogP contribution in [0.15, 0.2) is 18.2 Å². The van der Waals surface area contributed by atoms with E-state index in [1.807, 2.05) is 18.2 Å². The van der Waals surface area contributed by atoms with E-state index in [9.17, 15) is 0 Å². The van der Waals surface area contributed by atoms with Crippen molar-refractivity contribution in [3.63, 3.8) is 0 Å². The number of hydrogen-bond acceptors (Lipinski definition) is 4. The van der Waals surface area contributed by atoms with Gasteiger partial charge in [-0.15, -0.1) is 0 Å². The lowest BCUT2D eigenvalue weighted by molar-refractivity contribution is 0.0309. The summed E-state index contributed by atoms with van der Waals surface area (Å²) in [5.74, 6) is 0.786. The number of benzene rings is 1. The summed E-state index contributed by atoms with van der Waals surface area (Å²) >= 11 is 4.97. The third-order valence-electron chi connectivity index (χ3n) is 2.93. The molecule has 2 rings (SSSR count). The van der Waals surface area contributed by atoms with Crippen LogP contribution in [0.3, 0.4) is 0 Å². The van der Waals surface area contributed by atoms with E-state index in [1.54, 1.807) is 7.11 Å². The van der Waals surface area contributed by atoms with Gasteiger partial charge in [-0.2, -0.15) is 0 Å². The van der Waals surface area contributed by atoms with Gasteiger partial charge in [0.25, 0.3) is 0 Å². The zero-order chi connectivity index (χ0) is 13.0. The molecule has 1 aromatic rings. The first kappa shape index (κ1) is 13.3. The number of hydrogen-bond donors (Lipinski definition) is 1. The van der Waals surface area contributed by atoms with Crippen LogP contribution in [0, 0.1) is 0 Å². The Kier molecular flexibility index (Phi) is 4.52. The number of nitrogens with two attached hydrogens (primary N) is 1. The second-order valence-electron chi connectivity index (χ2n) is 4.19. The molecule has 0 spiro atoms. The Morgan fingerprint density at radius 1 is 1.56 bits per heavy atom. The fraction of sp³-hybridized carbons (Fsp3) is 0.462. The number of rotatable bonds is 5. The molecule has 1 heterocycles. The van der Waals surface area contributed by atoms with Crippen LogP contribution >= 0.6 is 12.2 Å². The Morgan fingerprint density at radius 3 is 3.00 bits per heavy atom. The Labute approximate surface area is 112 Å². The molecule has 0 bridgehead atoms. The van der Waals surface area contributed by atoms with E-state index in [0.29, 0.717) is 18.2 Å². The van der Waals surface area contributed by atoms with Crippen molar-refractivity contribution in [2.75, 3.05) is 20.3 Å². The summed E-state index contributed by atoms with van der Waals surface area (Å²) < 4.78 is 16.3. The summed E-state index contributed by atoms with van der Waals surface area (Å²) in [6.07, 6.45) is 1.11. The van der Waals surface area contributed by atoms with E-state index in [2.05, 4.69) is 0 Å². The van der Waals surface area contributed by atoms with Crippen LogP contribution in [0.2, 0.25) is 0 Å². The first-order valence-electron chi connectivity index (χ1n) is 5.86. The lowest BCUT2D eigenvalue weighted by Gasteiger charge is -2.13. The third kappa shape index (κ3) is 3.19. The average Bonchev–Trinajstić information content (AvgIpc) is 2.89. The first-order chi connectivity index (χ1) is 8.70. The molecule has 1 aromatic carbocycles. The SMILES string of the molecule is COc1ccc(C(N)=S)cc1COC1CCOC1. The third-order valence-corrected chi connectivity index (χ3v) is 3.16. The van der Waals surface area contributed by atoms with Gasteiger partial charge in [-0.25, -0.2) is 0 Å². The number of ether oxygens (including phenoxy) is 3. The standard InChI is InChI=1S/C13H17NO3S/c1-15-12-3-2-9(13(14)18)6-10(12)7-17-11-4-5-16-8-11/h2-3,6,11H,4-5,7-8H2,1H3,(H2,14,18). The van der Waals surface area contributed by atoms with Gasteiger partial charge >= 0.3 is 0 Å². The maximum atomic E-state index is 5.78. The van der Waals surface area contributed by atoms with Gasteiger partial charge in [0.2, 0.25) is 0 Å². The minimum Gasteiger partial charge on any atom is -0.496 e. The summed E-state index contributed by atoms with van der Waals surface area (Å²) in [5, 5.41) is 0. The van der Waals surface area contributed by atoms with Gasteiger partial charge in [0.1, 0.15) is 10.7 Å². The van der Waals surface area contributed by atoms with Crippen LogP contribution in [0.5, 0.6) is 5.75 Å². The monoisotopic (exact) mass is 267 g/mol. The fourth-order valence-electron chi connectivity index (χ4n) is 1.90. The maximum Gasteiger partial charge on any atom is 0.124 e. The molecule has 18 heavy (non-hydrogen) atoms. The van der Waals surface area contributed by atoms with Crippen molar-refractivity contribution in [1.82, 2.24) is 0 Å². The molecule has 0 aromatic heterocycles. The molecule has 0 saturated carbocycles. The lowest BCUT2D eigenvalue weighted by Crippen LogP contribution is -2.14. The van der Waals surface area contributed by atoms with Gasteiger partial charge in [0.05, 0.1) is 26.4 Å². The van der Waals surface area contributed by atoms with Crippen LogP contribution in [-0.4, -0.2) is 31.4 Å². The molecular weight excluding hydrogens is 250 g/mol. The molecule has 1 aliphatic heterocycles. The molecule has 4 nitrogen and oxygen atoms in total. The van der Waals surface area contributed by atoms with Crippen molar-refractivity contribution < 1.29 is 14.2 Å². The van der Waals surface area contributed by atoms with E-state index in [4.69, 9.17) is 32.2 Å². The van der Waals surface area contributed by atoms with Crippen molar-refractivity contribution in [2.24, 2.45) is 5.73 Å². The highest BCUT2D eigenvalue weighted by Gasteiger charge is 2.17. The van der Waals surface area contributed by atoms with Gasteiger partial charge < -0.3 is 19.9 Å². The molecule has 0 radical (unpaired) electrons. The topological polar surface area (TPSA) is 53.7 Å². The molecule has 1 unspecified atom stereocenters. The number of methoxy groups -OCH3 is 1. The predicted octanol–water partition coefficient (Wildman–Crippen LogP) is 1.63. The summed E-state index contributed by atoms with van der Waals surface area (Å²) in [4.78, 5) is 0.378. The summed E-state index contributed by atoms with van der Waals surface area (Å²) in [5.41, 5.74) is 7.40. The second kappa shape index (κ2) is 6.13. The zero-order valence-corrected chi connectivity index (χ0v) is 11.2. The summed E-state index contributed by atoms with van der Waals surface area (Å²) in [6, 6.07) is 5.62. The van der Waals surface area contributed by atoms with Gasteiger partial charge in [-0.1, -0.05) is 12.2 Å². The number of thiocarbonyl (C=S) groups is 1. The Balaban J connectivity index is 2.08. The molecular formula is C13H17NO3S. The highest BCUT2D eigenvalue weighted by Crippen LogP contribution is 2.22. The van der Waals surface area contributed by atoms with Crippen LogP contribution in [-0.2, 0) is 16.1 Å². The lowest BCUT2D eigenvalue weighted by atomic mass is 10.1. The maximum absolute atomic E-state index is 5.78.